The van der Waals surface area contributed by atoms with Crippen molar-refractivity contribution >= 4 is 5.91 Å². The highest BCUT2D eigenvalue weighted by atomic mass is 19.1. The van der Waals surface area contributed by atoms with Gasteiger partial charge in [-0.1, -0.05) is 37.8 Å². The Morgan fingerprint density at radius 3 is 2.57 bits per heavy atom. The molecular weight excluding hydrogens is 267 g/mol. The van der Waals surface area contributed by atoms with Crippen LogP contribution >= 0.6 is 0 Å². The van der Waals surface area contributed by atoms with E-state index in [0.29, 0.717) is 18.4 Å². The number of nitriles is 1. The van der Waals surface area contributed by atoms with E-state index in [0.717, 1.165) is 25.7 Å². The van der Waals surface area contributed by atoms with Crippen molar-refractivity contribution in [1.29, 1.82) is 5.26 Å². The molecule has 0 heterocycles. The summed E-state index contributed by atoms with van der Waals surface area (Å²) >= 11 is 0. The second kappa shape index (κ2) is 6.71. The molecule has 1 atom stereocenters. The van der Waals surface area contributed by atoms with Crippen LogP contribution in [-0.4, -0.2) is 5.91 Å². The van der Waals surface area contributed by atoms with E-state index in [1.54, 1.807) is 12.1 Å². The fourth-order valence-corrected chi connectivity index (χ4v) is 2.92. The minimum atomic E-state index is -0.919. The molecule has 1 saturated carbocycles. The highest BCUT2D eigenvalue weighted by Gasteiger charge is 2.39. The molecule has 1 fully saturated rings. The van der Waals surface area contributed by atoms with Crippen LogP contribution in [0, 0.1) is 22.6 Å². The third kappa shape index (κ3) is 3.60. The smallest absolute Gasteiger partial charge is 0.240 e. The molecule has 1 aromatic rings. The van der Waals surface area contributed by atoms with Gasteiger partial charge in [0.05, 0.1) is 12.1 Å². The molecule has 0 aromatic heterocycles. The van der Waals surface area contributed by atoms with Gasteiger partial charge >= 0.3 is 0 Å². The van der Waals surface area contributed by atoms with Gasteiger partial charge in [0, 0.05) is 0 Å². The third-order valence-corrected chi connectivity index (χ3v) is 4.30. The lowest BCUT2D eigenvalue weighted by atomic mass is 9.80. The highest BCUT2D eigenvalue weighted by Crippen LogP contribution is 2.35. The first-order valence-corrected chi connectivity index (χ1v) is 7.55. The van der Waals surface area contributed by atoms with E-state index in [4.69, 9.17) is 0 Å². The Morgan fingerprint density at radius 1 is 1.33 bits per heavy atom. The average molecular weight is 288 g/mol. The zero-order valence-electron chi connectivity index (χ0n) is 12.4. The number of carbonyl (C=O) groups excluding carboxylic acids is 1. The zero-order valence-corrected chi connectivity index (χ0v) is 12.4. The van der Waals surface area contributed by atoms with Crippen molar-refractivity contribution in [3.63, 3.8) is 0 Å². The molecule has 0 spiro atoms. The first kappa shape index (κ1) is 15.5. The van der Waals surface area contributed by atoms with Gasteiger partial charge in [-0.05, 0) is 37.5 Å². The Kier molecular flexibility index (Phi) is 4.95. The standard InChI is InChI=1S/C17H21FN2O/c1-13(14-7-6-8-15(18)11-14)20-16(21)17(12-19)9-4-2-3-5-10-17/h6-8,11,13H,2-5,9-10H2,1H3,(H,20,21). The Morgan fingerprint density at radius 2 is 2.00 bits per heavy atom. The molecule has 1 amide bonds. The Labute approximate surface area is 125 Å². The molecule has 0 bridgehead atoms. The quantitative estimate of drug-likeness (QED) is 0.858. The maximum absolute atomic E-state index is 13.2. The molecule has 0 saturated heterocycles. The van der Waals surface area contributed by atoms with Crippen molar-refractivity contribution in [3.8, 4) is 6.07 Å². The minimum Gasteiger partial charge on any atom is -0.348 e. The van der Waals surface area contributed by atoms with Crippen LogP contribution in [0.25, 0.3) is 0 Å². The van der Waals surface area contributed by atoms with Crippen molar-refractivity contribution < 1.29 is 9.18 Å². The molecule has 1 N–H and O–H groups in total. The summed E-state index contributed by atoms with van der Waals surface area (Å²) in [6, 6.07) is 8.13. The maximum atomic E-state index is 13.2. The fourth-order valence-electron chi connectivity index (χ4n) is 2.92. The number of amides is 1. The Hall–Kier alpha value is -1.89. The van der Waals surface area contributed by atoms with Gasteiger partial charge < -0.3 is 5.32 Å². The summed E-state index contributed by atoms with van der Waals surface area (Å²) in [4.78, 5) is 12.5. The molecule has 21 heavy (non-hydrogen) atoms. The third-order valence-electron chi connectivity index (χ3n) is 4.30. The number of benzene rings is 1. The Bertz CT molecular complexity index is 542. The van der Waals surface area contributed by atoms with Gasteiger partial charge in [-0.3, -0.25) is 4.79 Å². The topological polar surface area (TPSA) is 52.9 Å². The van der Waals surface area contributed by atoms with E-state index in [1.807, 2.05) is 6.92 Å². The van der Waals surface area contributed by atoms with Crippen molar-refractivity contribution in [2.24, 2.45) is 5.41 Å². The summed E-state index contributed by atoms with van der Waals surface area (Å²) in [6.07, 6.45) is 5.22. The van der Waals surface area contributed by atoms with Gasteiger partial charge in [0.15, 0.2) is 0 Å². The van der Waals surface area contributed by atoms with Gasteiger partial charge in [0.1, 0.15) is 11.2 Å². The van der Waals surface area contributed by atoms with Crippen molar-refractivity contribution in [2.75, 3.05) is 0 Å². The Balaban J connectivity index is 2.10. The molecule has 0 radical (unpaired) electrons. The molecule has 0 aliphatic heterocycles. The second-order valence-electron chi connectivity index (χ2n) is 5.86. The second-order valence-corrected chi connectivity index (χ2v) is 5.86. The first-order chi connectivity index (χ1) is 10.1. The lowest BCUT2D eigenvalue weighted by Gasteiger charge is -2.26. The lowest BCUT2D eigenvalue weighted by molar-refractivity contribution is -0.129. The van der Waals surface area contributed by atoms with E-state index in [-0.39, 0.29) is 17.8 Å². The number of nitrogens with zero attached hydrogens (tertiary/aromatic N) is 1. The number of hydrogen-bond acceptors (Lipinski definition) is 2. The molecule has 4 heteroatoms. The summed E-state index contributed by atoms with van der Waals surface area (Å²) in [5.74, 6) is -0.540. The molecule has 3 nitrogen and oxygen atoms in total. The van der Waals surface area contributed by atoms with Gasteiger partial charge in [-0.15, -0.1) is 0 Å². The van der Waals surface area contributed by atoms with Gasteiger partial charge in [-0.25, -0.2) is 4.39 Å². The van der Waals surface area contributed by atoms with Crippen molar-refractivity contribution in [3.05, 3.63) is 35.6 Å². The van der Waals surface area contributed by atoms with Gasteiger partial charge in [0.25, 0.3) is 0 Å². The molecule has 1 unspecified atom stereocenters. The van der Waals surface area contributed by atoms with Crippen LogP contribution in [0.5, 0.6) is 0 Å². The molecule has 1 aliphatic rings. The van der Waals surface area contributed by atoms with E-state index in [2.05, 4.69) is 11.4 Å². The lowest BCUT2D eigenvalue weighted by Crippen LogP contribution is -2.41. The van der Waals surface area contributed by atoms with E-state index < -0.39 is 5.41 Å². The molecule has 1 aliphatic carbocycles. The van der Waals surface area contributed by atoms with Crippen LogP contribution in [0.1, 0.15) is 57.1 Å². The van der Waals surface area contributed by atoms with E-state index in [9.17, 15) is 14.4 Å². The van der Waals surface area contributed by atoms with Gasteiger partial charge in [0.2, 0.25) is 5.91 Å². The van der Waals surface area contributed by atoms with Crippen LogP contribution in [0.4, 0.5) is 4.39 Å². The maximum Gasteiger partial charge on any atom is 0.240 e. The van der Waals surface area contributed by atoms with E-state index >= 15 is 0 Å². The SMILES string of the molecule is CC(NC(=O)C1(C#N)CCCCCC1)c1cccc(F)c1. The van der Waals surface area contributed by atoms with Crippen LogP contribution in [0.2, 0.25) is 0 Å². The zero-order chi connectivity index (χ0) is 15.3. The summed E-state index contributed by atoms with van der Waals surface area (Å²) < 4.78 is 13.2. The van der Waals surface area contributed by atoms with Crippen LogP contribution in [0.3, 0.4) is 0 Å². The number of halogens is 1. The van der Waals surface area contributed by atoms with Crippen molar-refractivity contribution in [2.45, 2.75) is 51.5 Å². The number of hydrogen-bond donors (Lipinski definition) is 1. The van der Waals surface area contributed by atoms with Crippen molar-refractivity contribution in [1.82, 2.24) is 5.32 Å². The minimum absolute atomic E-state index is 0.219. The predicted octanol–water partition coefficient (Wildman–Crippen LogP) is 3.87. The van der Waals surface area contributed by atoms with Gasteiger partial charge in [-0.2, -0.15) is 5.26 Å². The fraction of sp³-hybridized carbons (Fsp3) is 0.529. The summed E-state index contributed by atoms with van der Waals surface area (Å²) in [5.41, 5.74) is -0.206. The van der Waals surface area contributed by atoms with Crippen LogP contribution < -0.4 is 5.32 Å². The predicted molar refractivity (Wildman–Crippen MR) is 78.7 cm³/mol. The van der Waals surface area contributed by atoms with E-state index in [1.165, 1.54) is 12.1 Å². The summed E-state index contributed by atoms with van der Waals surface area (Å²) in [7, 11) is 0. The number of rotatable bonds is 3. The molecule has 112 valence electrons. The molecule has 1 aromatic carbocycles. The average Bonchev–Trinajstić information content (AvgIpc) is 2.73. The summed E-state index contributed by atoms with van der Waals surface area (Å²) in [5, 5.41) is 12.4. The highest BCUT2D eigenvalue weighted by molar-refractivity contribution is 5.85. The first-order valence-electron chi connectivity index (χ1n) is 7.55. The van der Waals surface area contributed by atoms with Crippen LogP contribution in [0.15, 0.2) is 24.3 Å². The molecule has 2 rings (SSSR count). The monoisotopic (exact) mass is 288 g/mol. The number of carbonyl (C=O) groups is 1. The van der Waals surface area contributed by atoms with Crippen LogP contribution in [-0.2, 0) is 4.79 Å². The number of nitrogens with one attached hydrogen (secondary N) is 1. The largest absolute Gasteiger partial charge is 0.348 e. The normalized spacial score (nSPS) is 19.1. The molecular formula is C17H21FN2O. The summed E-state index contributed by atoms with van der Waals surface area (Å²) in [6.45, 7) is 1.81.